The third-order valence-electron chi connectivity index (χ3n) is 1.32. The van der Waals surface area contributed by atoms with Crippen LogP contribution in [-0.4, -0.2) is 10.1 Å². The first-order valence-corrected chi connectivity index (χ1v) is 3.31. The minimum atomic E-state index is 0.315. The number of rotatable bonds is 0. The Morgan fingerprint density at radius 1 is 1.55 bits per heavy atom. The molecule has 0 fully saturated rings. The summed E-state index contributed by atoms with van der Waals surface area (Å²) in [7, 11) is 0. The number of halogens is 1. The van der Waals surface area contributed by atoms with Gasteiger partial charge in [0.2, 0.25) is 0 Å². The summed E-state index contributed by atoms with van der Waals surface area (Å²) in [5, 5.41) is 4.69. The quantitative estimate of drug-likeness (QED) is 0.649. The van der Waals surface area contributed by atoms with Gasteiger partial charge in [-0.1, -0.05) is 16.8 Å². The summed E-state index contributed by atoms with van der Waals surface area (Å²) in [4.78, 5) is 3.86. The molecule has 0 saturated carbocycles. The SMILES string of the molecule is Nc1noc2ncc(Cl)cc12. The van der Waals surface area contributed by atoms with E-state index in [4.69, 9.17) is 21.9 Å². The number of fused-ring (bicyclic) bond motifs is 1. The van der Waals surface area contributed by atoms with Gasteiger partial charge < -0.3 is 10.3 Å². The molecule has 0 saturated heterocycles. The number of nitrogen functional groups attached to an aromatic ring is 1. The summed E-state index contributed by atoms with van der Waals surface area (Å²) in [6.07, 6.45) is 1.48. The maximum Gasteiger partial charge on any atom is 0.260 e. The first-order valence-electron chi connectivity index (χ1n) is 2.94. The van der Waals surface area contributed by atoms with Crippen molar-refractivity contribution in [2.75, 3.05) is 5.73 Å². The molecule has 0 amide bonds. The van der Waals surface area contributed by atoms with Crippen LogP contribution in [-0.2, 0) is 0 Å². The van der Waals surface area contributed by atoms with Gasteiger partial charge in [-0.25, -0.2) is 4.98 Å². The Bertz CT molecular complexity index is 398. The zero-order valence-corrected chi connectivity index (χ0v) is 6.17. The highest BCUT2D eigenvalue weighted by molar-refractivity contribution is 6.31. The molecular weight excluding hydrogens is 166 g/mol. The van der Waals surface area contributed by atoms with E-state index in [-0.39, 0.29) is 0 Å². The highest BCUT2D eigenvalue weighted by Crippen LogP contribution is 2.20. The predicted octanol–water partition coefficient (Wildman–Crippen LogP) is 1.46. The van der Waals surface area contributed by atoms with Gasteiger partial charge in [0.15, 0.2) is 5.82 Å². The minimum absolute atomic E-state index is 0.315. The maximum absolute atomic E-state index is 5.66. The minimum Gasteiger partial charge on any atom is -0.380 e. The fraction of sp³-hybridized carbons (Fsp3) is 0. The largest absolute Gasteiger partial charge is 0.380 e. The van der Waals surface area contributed by atoms with Crippen molar-refractivity contribution in [2.24, 2.45) is 0 Å². The van der Waals surface area contributed by atoms with Gasteiger partial charge in [0, 0.05) is 6.20 Å². The van der Waals surface area contributed by atoms with Crippen LogP contribution in [0.4, 0.5) is 5.82 Å². The molecule has 0 unspecified atom stereocenters. The lowest BCUT2D eigenvalue weighted by molar-refractivity contribution is 0.452. The molecule has 0 radical (unpaired) electrons. The number of aromatic nitrogens is 2. The van der Waals surface area contributed by atoms with E-state index in [1.54, 1.807) is 6.07 Å². The predicted molar refractivity (Wildman–Crippen MR) is 41.2 cm³/mol. The molecule has 2 heterocycles. The number of nitrogens with zero attached hydrogens (tertiary/aromatic N) is 2. The Morgan fingerprint density at radius 3 is 3.18 bits per heavy atom. The Balaban J connectivity index is 2.87. The van der Waals surface area contributed by atoms with E-state index in [2.05, 4.69) is 10.1 Å². The van der Waals surface area contributed by atoms with Crippen LogP contribution in [0, 0.1) is 0 Å². The second-order valence-corrected chi connectivity index (χ2v) is 2.51. The van der Waals surface area contributed by atoms with Crippen molar-refractivity contribution >= 4 is 28.5 Å². The topological polar surface area (TPSA) is 64.9 Å². The summed E-state index contributed by atoms with van der Waals surface area (Å²) in [5.41, 5.74) is 5.85. The average Bonchev–Trinajstić information content (AvgIpc) is 2.33. The van der Waals surface area contributed by atoms with Crippen LogP contribution in [0.2, 0.25) is 5.02 Å². The van der Waals surface area contributed by atoms with Crippen LogP contribution in [0.5, 0.6) is 0 Å². The average molecular weight is 170 g/mol. The first-order chi connectivity index (χ1) is 5.27. The molecule has 0 aliphatic heterocycles. The highest BCUT2D eigenvalue weighted by Gasteiger charge is 2.05. The molecular formula is C6H4ClN3O. The molecule has 2 aromatic heterocycles. The Morgan fingerprint density at radius 2 is 2.36 bits per heavy atom. The van der Waals surface area contributed by atoms with Gasteiger partial charge in [-0.2, -0.15) is 0 Å². The second kappa shape index (κ2) is 2.10. The summed E-state index contributed by atoms with van der Waals surface area (Å²) in [6.45, 7) is 0. The lowest BCUT2D eigenvalue weighted by atomic mass is 10.3. The summed E-state index contributed by atoms with van der Waals surface area (Å²) >= 11 is 5.66. The second-order valence-electron chi connectivity index (χ2n) is 2.07. The monoisotopic (exact) mass is 169 g/mol. The molecule has 0 aliphatic rings. The van der Waals surface area contributed by atoms with E-state index in [1.165, 1.54) is 6.20 Å². The number of pyridine rings is 1. The normalized spacial score (nSPS) is 10.6. The number of hydrogen-bond acceptors (Lipinski definition) is 4. The highest BCUT2D eigenvalue weighted by atomic mass is 35.5. The molecule has 56 valence electrons. The van der Waals surface area contributed by atoms with E-state index < -0.39 is 0 Å². The van der Waals surface area contributed by atoms with Crippen LogP contribution in [0.25, 0.3) is 11.1 Å². The van der Waals surface area contributed by atoms with Crippen LogP contribution in [0.1, 0.15) is 0 Å². The van der Waals surface area contributed by atoms with E-state index in [0.29, 0.717) is 21.9 Å². The van der Waals surface area contributed by atoms with Crippen LogP contribution < -0.4 is 5.73 Å². The zero-order valence-electron chi connectivity index (χ0n) is 5.41. The van der Waals surface area contributed by atoms with Gasteiger partial charge in [-0.15, -0.1) is 0 Å². The van der Waals surface area contributed by atoms with Gasteiger partial charge in [-0.3, -0.25) is 0 Å². The lowest BCUT2D eigenvalue weighted by Crippen LogP contribution is -1.83. The molecule has 4 nitrogen and oxygen atoms in total. The molecule has 0 atom stereocenters. The van der Waals surface area contributed by atoms with Gasteiger partial charge >= 0.3 is 0 Å². The van der Waals surface area contributed by atoms with Crippen molar-refractivity contribution in [3.8, 4) is 0 Å². The molecule has 2 aromatic rings. The number of hydrogen-bond donors (Lipinski definition) is 1. The summed E-state index contributed by atoms with van der Waals surface area (Å²) in [6, 6.07) is 1.66. The zero-order chi connectivity index (χ0) is 7.84. The van der Waals surface area contributed by atoms with Crippen molar-refractivity contribution in [3.63, 3.8) is 0 Å². The third-order valence-corrected chi connectivity index (χ3v) is 1.53. The maximum atomic E-state index is 5.66. The molecule has 11 heavy (non-hydrogen) atoms. The van der Waals surface area contributed by atoms with Crippen molar-refractivity contribution in [3.05, 3.63) is 17.3 Å². The molecule has 5 heteroatoms. The molecule has 2 rings (SSSR count). The van der Waals surface area contributed by atoms with Crippen molar-refractivity contribution in [2.45, 2.75) is 0 Å². The smallest absolute Gasteiger partial charge is 0.260 e. The van der Waals surface area contributed by atoms with Crippen LogP contribution >= 0.6 is 11.6 Å². The summed E-state index contributed by atoms with van der Waals surface area (Å²) in [5.74, 6) is 0.315. The van der Waals surface area contributed by atoms with Gasteiger partial charge in [0.25, 0.3) is 5.71 Å². The Hall–Kier alpha value is -1.29. The fourth-order valence-corrected chi connectivity index (χ4v) is 0.982. The van der Waals surface area contributed by atoms with Crippen molar-refractivity contribution in [1.82, 2.24) is 10.1 Å². The van der Waals surface area contributed by atoms with Gasteiger partial charge in [0.05, 0.1) is 10.4 Å². The van der Waals surface area contributed by atoms with Crippen LogP contribution in [0.15, 0.2) is 16.8 Å². The molecule has 2 N–H and O–H groups in total. The van der Waals surface area contributed by atoms with E-state index in [1.807, 2.05) is 0 Å². The fourth-order valence-electron chi connectivity index (χ4n) is 0.825. The number of anilines is 1. The van der Waals surface area contributed by atoms with E-state index >= 15 is 0 Å². The Labute approximate surface area is 66.9 Å². The molecule has 0 bridgehead atoms. The standard InChI is InChI=1S/C6H4ClN3O/c7-3-1-4-5(8)10-11-6(4)9-2-3/h1-2H,(H2,8,10). The summed E-state index contributed by atoms with van der Waals surface area (Å²) < 4.78 is 4.76. The van der Waals surface area contributed by atoms with Crippen molar-refractivity contribution < 1.29 is 4.52 Å². The molecule has 0 aromatic carbocycles. The van der Waals surface area contributed by atoms with Gasteiger partial charge in [-0.05, 0) is 6.07 Å². The lowest BCUT2D eigenvalue weighted by Gasteiger charge is -1.86. The first kappa shape index (κ1) is 6.42. The molecule has 0 aliphatic carbocycles. The van der Waals surface area contributed by atoms with Crippen molar-refractivity contribution in [1.29, 1.82) is 0 Å². The van der Waals surface area contributed by atoms with E-state index in [9.17, 15) is 0 Å². The van der Waals surface area contributed by atoms with E-state index in [0.717, 1.165) is 0 Å². The molecule has 0 spiro atoms. The van der Waals surface area contributed by atoms with Gasteiger partial charge in [0.1, 0.15) is 0 Å². The third kappa shape index (κ3) is 0.914. The van der Waals surface area contributed by atoms with Crippen LogP contribution in [0.3, 0.4) is 0 Å². The number of nitrogens with two attached hydrogens (primary N) is 1. The Kier molecular flexibility index (Phi) is 1.22.